The van der Waals surface area contributed by atoms with E-state index in [1.165, 1.54) is 17.7 Å². The quantitative estimate of drug-likeness (QED) is 0.782. The van der Waals surface area contributed by atoms with Gasteiger partial charge in [-0.2, -0.15) is 0 Å². The zero-order valence-electron chi connectivity index (χ0n) is 11.0. The molecule has 2 aliphatic rings. The first-order valence-electron chi connectivity index (χ1n) is 6.36. The second-order valence-electron chi connectivity index (χ2n) is 5.42. The van der Waals surface area contributed by atoms with Crippen molar-refractivity contribution in [3.63, 3.8) is 0 Å². The molecule has 0 saturated carbocycles. The summed E-state index contributed by atoms with van der Waals surface area (Å²) in [5.41, 5.74) is 2.23. The van der Waals surface area contributed by atoms with Gasteiger partial charge in [-0.05, 0) is 43.7 Å². The third-order valence-corrected chi connectivity index (χ3v) is 4.98. The van der Waals surface area contributed by atoms with Crippen LogP contribution in [-0.4, -0.2) is 23.0 Å². The molecule has 2 aliphatic heterocycles. The average molecular weight is 277 g/mol. The van der Waals surface area contributed by atoms with Gasteiger partial charge in [-0.15, -0.1) is 0 Å². The molecule has 0 radical (unpaired) electrons. The van der Waals surface area contributed by atoms with Crippen LogP contribution in [0, 0.1) is 11.7 Å². The minimum absolute atomic E-state index is 0.0338. The Bertz CT molecular complexity index is 548. The number of fused-ring (bicyclic) bond motifs is 1. The third-order valence-electron chi connectivity index (χ3n) is 3.64. The third kappa shape index (κ3) is 2.47. The van der Waals surface area contributed by atoms with Gasteiger partial charge in [-0.25, -0.2) is 9.38 Å². The maximum absolute atomic E-state index is 13.0. The molecule has 1 saturated heterocycles. The molecule has 0 bridgehead atoms. The van der Waals surface area contributed by atoms with Crippen LogP contribution in [0.3, 0.4) is 0 Å². The number of aliphatic imine (C=N–C) groups is 1. The van der Waals surface area contributed by atoms with Crippen molar-refractivity contribution in [2.45, 2.75) is 18.6 Å². The van der Waals surface area contributed by atoms with Gasteiger partial charge in [0, 0.05) is 22.4 Å². The molecule has 3 rings (SSSR count). The van der Waals surface area contributed by atoms with Crippen LogP contribution in [-0.2, 0) is 4.74 Å². The average Bonchev–Trinajstić information content (AvgIpc) is 2.80. The smallest absolute Gasteiger partial charge is 0.123 e. The zero-order chi connectivity index (χ0) is 13.5. The van der Waals surface area contributed by atoms with Gasteiger partial charge in [0.1, 0.15) is 10.9 Å². The predicted molar refractivity (Wildman–Crippen MR) is 77.0 cm³/mol. The molecular weight excluding hydrogens is 261 g/mol. The first kappa shape index (κ1) is 12.9. The lowest BCUT2D eigenvalue weighted by Crippen LogP contribution is -2.29. The van der Waals surface area contributed by atoms with E-state index in [2.05, 4.69) is 18.8 Å². The van der Waals surface area contributed by atoms with E-state index in [9.17, 15) is 4.39 Å². The molecule has 1 aromatic rings. The highest BCUT2D eigenvalue weighted by Gasteiger charge is 2.39. The summed E-state index contributed by atoms with van der Waals surface area (Å²) in [4.78, 5) is 4.58. The number of hydrogen-bond acceptors (Lipinski definition) is 3. The minimum Gasteiger partial charge on any atom is -0.376 e. The van der Waals surface area contributed by atoms with Gasteiger partial charge in [0.15, 0.2) is 0 Å². The van der Waals surface area contributed by atoms with E-state index >= 15 is 0 Å². The molecule has 1 unspecified atom stereocenters. The normalized spacial score (nSPS) is 25.3. The van der Waals surface area contributed by atoms with Crippen LogP contribution in [0.4, 0.5) is 4.39 Å². The predicted octanol–water partition coefficient (Wildman–Crippen LogP) is 3.63. The highest BCUT2D eigenvalue weighted by molar-refractivity contribution is 8.15. The monoisotopic (exact) mass is 277 g/mol. The minimum atomic E-state index is -0.217. The number of halogens is 1. The molecule has 1 atom stereocenters. The summed E-state index contributed by atoms with van der Waals surface area (Å²) in [5.74, 6) is 0.185. The van der Waals surface area contributed by atoms with Gasteiger partial charge in [-0.3, -0.25) is 0 Å². The van der Waals surface area contributed by atoms with Gasteiger partial charge < -0.3 is 4.74 Å². The highest BCUT2D eigenvalue weighted by Crippen LogP contribution is 2.43. The van der Waals surface area contributed by atoms with Gasteiger partial charge in [0.05, 0.1) is 13.2 Å². The molecule has 2 heterocycles. The Morgan fingerprint density at radius 1 is 1.32 bits per heavy atom. The summed E-state index contributed by atoms with van der Waals surface area (Å²) in [5, 5.41) is 0.951. The van der Waals surface area contributed by atoms with Crippen molar-refractivity contribution in [2.75, 3.05) is 13.2 Å². The lowest BCUT2D eigenvalue weighted by atomic mass is 9.90. The van der Waals surface area contributed by atoms with E-state index in [4.69, 9.17) is 4.74 Å². The van der Waals surface area contributed by atoms with Crippen molar-refractivity contribution < 1.29 is 9.13 Å². The van der Waals surface area contributed by atoms with Crippen LogP contribution < -0.4 is 0 Å². The van der Waals surface area contributed by atoms with E-state index in [1.54, 1.807) is 23.9 Å². The second-order valence-corrected chi connectivity index (χ2v) is 7.06. The van der Waals surface area contributed by atoms with Crippen LogP contribution in [0.5, 0.6) is 0 Å². The van der Waals surface area contributed by atoms with Crippen molar-refractivity contribution in [3.8, 4) is 0 Å². The van der Waals surface area contributed by atoms with Gasteiger partial charge >= 0.3 is 0 Å². The fraction of sp³-hybridized carbons (Fsp3) is 0.400. The van der Waals surface area contributed by atoms with Crippen LogP contribution >= 0.6 is 11.8 Å². The topological polar surface area (TPSA) is 21.6 Å². The first-order valence-corrected chi connectivity index (χ1v) is 7.17. The van der Waals surface area contributed by atoms with E-state index < -0.39 is 0 Å². The summed E-state index contributed by atoms with van der Waals surface area (Å²) in [6, 6.07) is 6.53. The molecule has 0 aromatic heterocycles. The zero-order valence-corrected chi connectivity index (χ0v) is 11.8. The van der Waals surface area contributed by atoms with Crippen molar-refractivity contribution in [1.82, 2.24) is 0 Å². The Kier molecular flexibility index (Phi) is 3.23. The second kappa shape index (κ2) is 4.76. The van der Waals surface area contributed by atoms with Crippen LogP contribution in [0.15, 0.2) is 41.0 Å². The molecule has 19 heavy (non-hydrogen) atoms. The van der Waals surface area contributed by atoms with Gasteiger partial charge in [0.2, 0.25) is 0 Å². The van der Waals surface area contributed by atoms with Crippen LogP contribution in [0.1, 0.15) is 19.4 Å². The maximum Gasteiger partial charge on any atom is 0.123 e. The summed E-state index contributed by atoms with van der Waals surface area (Å²) in [7, 11) is 0. The van der Waals surface area contributed by atoms with Crippen LogP contribution in [0.25, 0.3) is 0 Å². The molecular formula is C15H16FNOS. The molecule has 0 aliphatic carbocycles. The lowest BCUT2D eigenvalue weighted by molar-refractivity contribution is 0.181. The van der Waals surface area contributed by atoms with E-state index in [1.807, 2.05) is 6.20 Å². The Morgan fingerprint density at radius 2 is 2.05 bits per heavy atom. The molecule has 4 heteroatoms. The SMILES string of the molecule is CC1(C)SC(c2ccc(F)cc2)=NC=C2COCC21. The van der Waals surface area contributed by atoms with Crippen molar-refractivity contribution >= 4 is 16.8 Å². The summed E-state index contributed by atoms with van der Waals surface area (Å²) in [6.07, 6.45) is 1.93. The number of rotatable bonds is 1. The molecule has 0 spiro atoms. The standard InChI is InChI=1S/C15H16FNOS/c1-15(2)13-9-18-8-11(13)7-17-14(19-15)10-3-5-12(16)6-4-10/h3-7,13H,8-9H2,1-2H3. The van der Waals surface area contributed by atoms with Gasteiger partial charge in [-0.1, -0.05) is 11.8 Å². The van der Waals surface area contributed by atoms with Crippen molar-refractivity contribution in [3.05, 3.63) is 47.4 Å². The number of ether oxygens (including phenoxy) is 1. The Morgan fingerprint density at radius 3 is 2.79 bits per heavy atom. The molecule has 0 N–H and O–H groups in total. The Balaban J connectivity index is 1.97. The number of benzene rings is 1. The van der Waals surface area contributed by atoms with Crippen molar-refractivity contribution in [1.29, 1.82) is 0 Å². The largest absolute Gasteiger partial charge is 0.376 e. The van der Waals surface area contributed by atoms with Crippen molar-refractivity contribution in [2.24, 2.45) is 10.9 Å². The summed E-state index contributed by atoms with van der Waals surface area (Å²) >= 11 is 1.74. The van der Waals surface area contributed by atoms with E-state index in [-0.39, 0.29) is 10.6 Å². The summed E-state index contributed by atoms with van der Waals surface area (Å²) < 4.78 is 18.6. The van der Waals surface area contributed by atoms with E-state index in [0.29, 0.717) is 12.5 Å². The number of hydrogen-bond donors (Lipinski definition) is 0. The first-order chi connectivity index (χ1) is 9.06. The number of nitrogens with zero attached hydrogens (tertiary/aromatic N) is 1. The molecule has 1 aromatic carbocycles. The van der Waals surface area contributed by atoms with E-state index in [0.717, 1.165) is 17.2 Å². The molecule has 2 nitrogen and oxygen atoms in total. The Hall–Kier alpha value is -1.13. The fourth-order valence-electron chi connectivity index (χ4n) is 2.49. The maximum atomic E-state index is 13.0. The molecule has 1 fully saturated rings. The molecule has 100 valence electrons. The highest BCUT2D eigenvalue weighted by atomic mass is 32.2. The van der Waals surface area contributed by atoms with Gasteiger partial charge in [0.25, 0.3) is 0 Å². The Labute approximate surface area is 116 Å². The lowest BCUT2D eigenvalue weighted by Gasteiger charge is -2.29. The fourth-order valence-corrected chi connectivity index (χ4v) is 3.71. The summed E-state index contributed by atoms with van der Waals surface area (Å²) in [6.45, 7) is 5.87. The number of thioether (sulfide) groups is 1. The molecule has 0 amide bonds. The van der Waals surface area contributed by atoms with Crippen LogP contribution in [0.2, 0.25) is 0 Å².